The number of nitrogens with zero attached hydrogens (tertiary/aromatic N) is 5. The number of amides is 1. The number of aryl methyl sites for hydroxylation is 1. The average Bonchev–Trinajstić information content (AvgIpc) is 3.36. The van der Waals surface area contributed by atoms with Crippen LogP contribution in [0.15, 0.2) is 35.7 Å². The molecule has 1 aromatic carbocycles. The van der Waals surface area contributed by atoms with E-state index < -0.39 is 22.2 Å². The summed E-state index contributed by atoms with van der Waals surface area (Å²) in [6.07, 6.45) is 4.73. The Hall–Kier alpha value is -2.67. The minimum atomic E-state index is -3.83. The summed E-state index contributed by atoms with van der Waals surface area (Å²) in [4.78, 5) is 21.6. The number of rotatable bonds is 7. The van der Waals surface area contributed by atoms with Crippen LogP contribution in [0.5, 0.6) is 5.75 Å². The first-order chi connectivity index (χ1) is 18.8. The van der Waals surface area contributed by atoms with Crippen molar-refractivity contribution >= 4 is 21.6 Å². The molecule has 0 aliphatic carbocycles. The van der Waals surface area contributed by atoms with Gasteiger partial charge in [0.25, 0.3) is 15.9 Å². The number of hydrogen-bond acceptors (Lipinski definition) is 8. The van der Waals surface area contributed by atoms with Crippen molar-refractivity contribution in [3.05, 3.63) is 36.3 Å². The van der Waals surface area contributed by atoms with Crippen molar-refractivity contribution in [1.82, 2.24) is 18.8 Å². The number of sulfonamides is 1. The molecular weight excluding hydrogens is 534 g/mol. The van der Waals surface area contributed by atoms with Crippen molar-refractivity contribution in [1.29, 1.82) is 0 Å². The van der Waals surface area contributed by atoms with Crippen molar-refractivity contribution in [3.8, 4) is 5.75 Å². The van der Waals surface area contributed by atoms with E-state index in [9.17, 15) is 18.3 Å². The highest BCUT2D eigenvalue weighted by Crippen LogP contribution is 2.29. The summed E-state index contributed by atoms with van der Waals surface area (Å²) in [7, 11) is 3.22. The van der Waals surface area contributed by atoms with Gasteiger partial charge in [0.05, 0.1) is 36.7 Å². The van der Waals surface area contributed by atoms with E-state index in [1.54, 1.807) is 23.4 Å². The number of aliphatic hydroxyl groups excluding tert-OH is 1. The SMILES string of the molecule is C[C@@H]1CCCCO[C@H](CN(C)S(=O)(=O)c2cn(C)cn2)[C@@H](C)CN([C@H](C)CO)C(=O)c2cc(N(C)C)ccc2O1. The number of ether oxygens (including phenoxy) is 2. The van der Waals surface area contributed by atoms with Gasteiger partial charge in [-0.3, -0.25) is 4.79 Å². The van der Waals surface area contributed by atoms with Crippen LogP contribution in [0.4, 0.5) is 5.69 Å². The van der Waals surface area contributed by atoms with E-state index in [-0.39, 0.29) is 42.7 Å². The molecule has 12 heteroatoms. The molecule has 2 aromatic rings. The Bertz CT molecular complexity index is 1230. The fraction of sp³-hybridized carbons (Fsp3) is 0.643. The molecule has 11 nitrogen and oxygen atoms in total. The molecule has 0 saturated heterocycles. The highest BCUT2D eigenvalue weighted by molar-refractivity contribution is 7.89. The zero-order valence-electron chi connectivity index (χ0n) is 24.8. The van der Waals surface area contributed by atoms with Crippen molar-refractivity contribution < 1.29 is 27.8 Å². The first-order valence-electron chi connectivity index (χ1n) is 13.8. The lowest BCUT2D eigenvalue weighted by Crippen LogP contribution is -2.48. The molecule has 1 aliphatic rings. The molecule has 0 bridgehead atoms. The number of carbonyl (C=O) groups excluding carboxylic acids is 1. The highest BCUT2D eigenvalue weighted by atomic mass is 32.2. The van der Waals surface area contributed by atoms with Crippen LogP contribution in [0, 0.1) is 5.92 Å². The summed E-state index contributed by atoms with van der Waals surface area (Å²) in [5.41, 5.74) is 1.28. The lowest BCUT2D eigenvalue weighted by Gasteiger charge is -2.35. The summed E-state index contributed by atoms with van der Waals surface area (Å²) >= 11 is 0. The summed E-state index contributed by atoms with van der Waals surface area (Å²) in [5.74, 6) is 0.00380. The monoisotopic (exact) mass is 579 g/mol. The summed E-state index contributed by atoms with van der Waals surface area (Å²) in [5, 5.41) is 10.1. The van der Waals surface area contributed by atoms with Gasteiger partial charge in [-0.25, -0.2) is 13.4 Å². The van der Waals surface area contributed by atoms with Crippen LogP contribution in [-0.4, -0.2) is 104 Å². The first-order valence-corrected chi connectivity index (χ1v) is 15.2. The van der Waals surface area contributed by atoms with Gasteiger partial charge in [0.1, 0.15) is 5.75 Å². The summed E-state index contributed by atoms with van der Waals surface area (Å²) in [6.45, 7) is 6.29. The quantitative estimate of drug-likeness (QED) is 0.532. The number of aromatic nitrogens is 2. The van der Waals surface area contributed by atoms with Crippen molar-refractivity contribution in [2.45, 2.75) is 63.3 Å². The van der Waals surface area contributed by atoms with Crippen molar-refractivity contribution in [2.75, 3.05) is 52.3 Å². The number of anilines is 1. The number of fused-ring (bicyclic) bond motifs is 1. The number of benzene rings is 1. The Morgan fingerprint density at radius 3 is 2.55 bits per heavy atom. The molecule has 1 aromatic heterocycles. The van der Waals surface area contributed by atoms with Crippen LogP contribution in [0.2, 0.25) is 0 Å². The van der Waals surface area contributed by atoms with E-state index in [0.717, 1.165) is 24.9 Å². The van der Waals surface area contributed by atoms with Crippen LogP contribution in [0.25, 0.3) is 0 Å². The van der Waals surface area contributed by atoms with E-state index in [1.807, 2.05) is 51.0 Å². The minimum absolute atomic E-state index is 0.0287. The Balaban J connectivity index is 1.96. The standard InChI is InChI=1S/C28H45N5O6S/c1-20-15-33(21(2)18-34)28(35)24-14-23(30(4)5)11-12-25(24)39-22(3)10-8-9-13-38-26(20)16-32(7)40(36,37)27-17-31(6)19-29-27/h11-12,14,17,19-22,26,34H,8-10,13,15-16,18H2,1-7H3/t20-,21+,22+,26+/m0/s1. The lowest BCUT2D eigenvalue weighted by atomic mass is 10.0. The van der Waals surface area contributed by atoms with Gasteiger partial charge in [0.15, 0.2) is 5.03 Å². The largest absolute Gasteiger partial charge is 0.490 e. The Morgan fingerprint density at radius 2 is 1.93 bits per heavy atom. The Labute approximate surface area is 238 Å². The predicted octanol–water partition coefficient (Wildman–Crippen LogP) is 2.60. The molecule has 0 saturated carbocycles. The number of aliphatic hydroxyl groups is 1. The van der Waals surface area contributed by atoms with Gasteiger partial charge < -0.3 is 28.9 Å². The smallest absolute Gasteiger partial charge is 0.261 e. The fourth-order valence-corrected chi connectivity index (χ4v) is 5.83. The second-order valence-electron chi connectivity index (χ2n) is 11.0. The number of imidazole rings is 1. The van der Waals surface area contributed by atoms with Gasteiger partial charge >= 0.3 is 0 Å². The van der Waals surface area contributed by atoms with Crippen LogP contribution in [-0.2, 0) is 21.8 Å². The molecule has 4 atom stereocenters. The minimum Gasteiger partial charge on any atom is -0.490 e. The third kappa shape index (κ3) is 7.74. The van der Waals surface area contributed by atoms with E-state index in [1.165, 1.54) is 23.9 Å². The van der Waals surface area contributed by atoms with Gasteiger partial charge in [-0.05, 0) is 51.3 Å². The second kappa shape index (κ2) is 13.8. The van der Waals surface area contributed by atoms with Crippen LogP contribution < -0.4 is 9.64 Å². The molecule has 40 heavy (non-hydrogen) atoms. The van der Waals surface area contributed by atoms with Crippen LogP contribution in [0.1, 0.15) is 50.4 Å². The third-order valence-corrected chi connectivity index (χ3v) is 9.05. The second-order valence-corrected chi connectivity index (χ2v) is 13.0. The van der Waals surface area contributed by atoms with Gasteiger partial charge in [-0.15, -0.1) is 0 Å². The third-order valence-electron chi connectivity index (χ3n) is 7.34. The van der Waals surface area contributed by atoms with Gasteiger partial charge in [-0.1, -0.05) is 6.92 Å². The normalized spacial score (nSPS) is 22.4. The molecule has 1 amide bonds. The lowest BCUT2D eigenvalue weighted by molar-refractivity contribution is -0.00835. The maximum absolute atomic E-state index is 14.1. The number of likely N-dealkylation sites (N-methyl/N-ethyl adjacent to an activating group) is 1. The number of carbonyl (C=O) groups is 1. The van der Waals surface area contributed by atoms with E-state index >= 15 is 0 Å². The molecule has 0 fully saturated rings. The van der Waals surface area contributed by atoms with Gasteiger partial charge in [0.2, 0.25) is 0 Å². The summed E-state index contributed by atoms with van der Waals surface area (Å²) < 4.78 is 41.8. The van der Waals surface area contributed by atoms with E-state index in [4.69, 9.17) is 9.47 Å². The molecule has 0 unspecified atom stereocenters. The first kappa shape index (κ1) is 31.9. The topological polar surface area (TPSA) is 117 Å². The maximum Gasteiger partial charge on any atom is 0.261 e. The van der Waals surface area contributed by atoms with E-state index in [2.05, 4.69) is 4.98 Å². The molecule has 3 rings (SSSR count). The molecule has 224 valence electrons. The fourth-order valence-electron chi connectivity index (χ4n) is 4.68. The average molecular weight is 580 g/mol. The highest BCUT2D eigenvalue weighted by Gasteiger charge is 2.33. The zero-order chi connectivity index (χ0) is 29.6. The molecule has 0 radical (unpaired) electrons. The molecular formula is C28H45N5O6S. The van der Waals surface area contributed by atoms with E-state index in [0.29, 0.717) is 17.9 Å². The Morgan fingerprint density at radius 1 is 1.20 bits per heavy atom. The molecule has 2 heterocycles. The van der Waals surface area contributed by atoms with Crippen LogP contribution >= 0.6 is 0 Å². The van der Waals surface area contributed by atoms with Gasteiger partial charge in [-0.2, -0.15) is 4.31 Å². The zero-order valence-corrected chi connectivity index (χ0v) is 25.6. The van der Waals surface area contributed by atoms with Crippen molar-refractivity contribution in [3.63, 3.8) is 0 Å². The molecule has 1 N–H and O–H groups in total. The summed E-state index contributed by atoms with van der Waals surface area (Å²) in [6, 6.07) is 5.09. The van der Waals surface area contributed by atoms with Crippen LogP contribution in [0.3, 0.4) is 0 Å². The van der Waals surface area contributed by atoms with Crippen molar-refractivity contribution in [2.24, 2.45) is 13.0 Å². The number of hydrogen-bond donors (Lipinski definition) is 1. The maximum atomic E-state index is 14.1. The Kier molecular flexibility index (Phi) is 11.0. The van der Waals surface area contributed by atoms with Gasteiger partial charge in [0, 0.05) is 65.7 Å². The molecule has 0 spiro atoms. The predicted molar refractivity (Wildman–Crippen MR) is 154 cm³/mol. The molecule has 1 aliphatic heterocycles.